The number of benzene rings is 2. The van der Waals surface area contributed by atoms with Gasteiger partial charge in [-0.15, -0.1) is 0 Å². The van der Waals surface area contributed by atoms with Gasteiger partial charge in [-0.3, -0.25) is 9.78 Å². The number of nitrogens with zero attached hydrogens (tertiary/aromatic N) is 2. The van der Waals surface area contributed by atoms with Crippen LogP contribution in [0.15, 0.2) is 85.2 Å². The summed E-state index contributed by atoms with van der Waals surface area (Å²) in [5.74, 6) is 0.639. The average Bonchev–Trinajstić information content (AvgIpc) is 3.18. The van der Waals surface area contributed by atoms with E-state index < -0.39 is 0 Å². The van der Waals surface area contributed by atoms with Gasteiger partial charge in [0.05, 0.1) is 11.7 Å². The summed E-state index contributed by atoms with van der Waals surface area (Å²) >= 11 is 0. The van der Waals surface area contributed by atoms with Crippen molar-refractivity contribution in [2.75, 3.05) is 10.6 Å². The molecule has 5 rings (SSSR count). The van der Waals surface area contributed by atoms with Crippen molar-refractivity contribution < 1.29 is 4.79 Å². The molecule has 35 heavy (non-hydrogen) atoms. The fraction of sp³-hybridized carbons (Fsp3) is 0.138. The lowest BCUT2D eigenvalue weighted by molar-refractivity contribution is 0.102. The van der Waals surface area contributed by atoms with E-state index in [0.29, 0.717) is 5.56 Å². The van der Waals surface area contributed by atoms with Gasteiger partial charge in [-0.2, -0.15) is 0 Å². The normalized spacial score (nSPS) is 11.9. The van der Waals surface area contributed by atoms with Gasteiger partial charge in [0, 0.05) is 45.8 Å². The number of nitrogens with one attached hydrogen (secondary N) is 3. The highest BCUT2D eigenvalue weighted by Crippen LogP contribution is 2.35. The molecule has 0 bridgehead atoms. The molecule has 0 saturated carbocycles. The summed E-state index contributed by atoms with van der Waals surface area (Å²) in [6.45, 7) is 6.10. The molecule has 1 amide bonds. The summed E-state index contributed by atoms with van der Waals surface area (Å²) < 4.78 is 0. The molecule has 3 N–H and O–H groups in total. The molecule has 0 fully saturated rings. The van der Waals surface area contributed by atoms with Crippen LogP contribution in [0.4, 0.5) is 11.5 Å². The second-order valence-electron chi connectivity index (χ2n) is 8.79. The molecule has 6 heteroatoms. The maximum atomic E-state index is 12.8. The fourth-order valence-corrected chi connectivity index (χ4v) is 4.31. The summed E-state index contributed by atoms with van der Waals surface area (Å²) in [5.41, 5.74) is 7.56. The Balaban J connectivity index is 1.55. The summed E-state index contributed by atoms with van der Waals surface area (Å²) in [5, 5.41) is 7.64. The smallest absolute Gasteiger partial charge is 0.255 e. The summed E-state index contributed by atoms with van der Waals surface area (Å²) in [6, 6.07) is 23.1. The first kappa shape index (κ1) is 22.3. The minimum absolute atomic E-state index is 0.137. The number of H-pyrrole nitrogens is 1. The standard InChI is InChI=1S/C29H27N5O/c1-18-7-9-21(10-8-18)29(35)33-22-11-12-24-23(17-22)27(20(3)32-24)28(25-6-4-5-14-30-25)34-26-16-19(2)13-15-31-26/h4-17,28,32H,1-3H3,(H,31,34)(H,33,35). The molecule has 1 unspecified atom stereocenters. The van der Waals surface area contributed by atoms with E-state index in [1.54, 1.807) is 12.4 Å². The zero-order chi connectivity index (χ0) is 24.4. The molecule has 0 radical (unpaired) electrons. The Bertz CT molecular complexity index is 1490. The summed E-state index contributed by atoms with van der Waals surface area (Å²) in [4.78, 5) is 25.5. The molecule has 3 aromatic heterocycles. The number of amides is 1. The monoisotopic (exact) mass is 461 g/mol. The number of hydrogen-bond acceptors (Lipinski definition) is 4. The zero-order valence-corrected chi connectivity index (χ0v) is 20.0. The van der Waals surface area contributed by atoms with Gasteiger partial charge in [0.1, 0.15) is 5.82 Å². The van der Waals surface area contributed by atoms with Gasteiger partial charge in [0.25, 0.3) is 5.91 Å². The van der Waals surface area contributed by atoms with Crippen LogP contribution < -0.4 is 10.6 Å². The Morgan fingerprint density at radius 1 is 0.857 bits per heavy atom. The lowest BCUT2D eigenvalue weighted by Crippen LogP contribution is -2.15. The molecule has 1 atom stereocenters. The van der Waals surface area contributed by atoms with E-state index in [-0.39, 0.29) is 11.9 Å². The maximum absolute atomic E-state index is 12.8. The number of pyridine rings is 2. The Kier molecular flexibility index (Phi) is 6.02. The molecule has 0 saturated heterocycles. The van der Waals surface area contributed by atoms with Gasteiger partial charge in [0.2, 0.25) is 0 Å². The predicted octanol–water partition coefficient (Wildman–Crippen LogP) is 6.34. The Labute approximate surface area is 204 Å². The molecule has 0 aliphatic rings. The van der Waals surface area contributed by atoms with E-state index in [0.717, 1.165) is 50.5 Å². The number of hydrogen-bond donors (Lipinski definition) is 3. The number of fused-ring (bicyclic) bond motifs is 1. The largest absolute Gasteiger partial charge is 0.358 e. The zero-order valence-electron chi connectivity index (χ0n) is 20.0. The number of carbonyl (C=O) groups excluding carboxylic acids is 1. The Morgan fingerprint density at radius 2 is 1.69 bits per heavy atom. The van der Waals surface area contributed by atoms with Crippen LogP contribution in [0.1, 0.15) is 44.5 Å². The van der Waals surface area contributed by atoms with Crippen molar-refractivity contribution in [3.63, 3.8) is 0 Å². The second-order valence-corrected chi connectivity index (χ2v) is 8.79. The van der Waals surface area contributed by atoms with Crippen molar-refractivity contribution in [3.05, 3.63) is 119 Å². The quantitative estimate of drug-likeness (QED) is 0.276. The third-order valence-electron chi connectivity index (χ3n) is 6.09. The van der Waals surface area contributed by atoms with Gasteiger partial charge in [-0.05, 0) is 80.9 Å². The van der Waals surface area contributed by atoms with Crippen LogP contribution in [0.3, 0.4) is 0 Å². The van der Waals surface area contributed by atoms with Crippen LogP contribution >= 0.6 is 0 Å². The average molecular weight is 462 g/mol. The van der Waals surface area contributed by atoms with Crippen molar-refractivity contribution in [1.82, 2.24) is 15.0 Å². The first-order chi connectivity index (χ1) is 17.0. The van der Waals surface area contributed by atoms with Crippen molar-refractivity contribution >= 4 is 28.3 Å². The van der Waals surface area contributed by atoms with E-state index in [1.807, 2.05) is 86.6 Å². The maximum Gasteiger partial charge on any atom is 0.255 e. The molecular formula is C29H27N5O. The molecule has 0 aliphatic carbocycles. The molecule has 3 heterocycles. The van der Waals surface area contributed by atoms with E-state index in [9.17, 15) is 4.79 Å². The third kappa shape index (κ3) is 4.77. The van der Waals surface area contributed by atoms with Crippen molar-refractivity contribution in [2.24, 2.45) is 0 Å². The van der Waals surface area contributed by atoms with E-state index in [4.69, 9.17) is 0 Å². The van der Waals surface area contributed by atoms with E-state index in [2.05, 4.69) is 32.5 Å². The third-order valence-corrected chi connectivity index (χ3v) is 6.09. The van der Waals surface area contributed by atoms with Crippen LogP contribution in [0.25, 0.3) is 10.9 Å². The Morgan fingerprint density at radius 3 is 2.43 bits per heavy atom. The first-order valence-electron chi connectivity index (χ1n) is 11.6. The van der Waals surface area contributed by atoms with Crippen molar-refractivity contribution in [1.29, 1.82) is 0 Å². The molecule has 0 spiro atoms. The molecule has 6 nitrogen and oxygen atoms in total. The second kappa shape index (κ2) is 9.43. The minimum atomic E-state index is -0.234. The van der Waals surface area contributed by atoms with Crippen molar-refractivity contribution in [2.45, 2.75) is 26.8 Å². The van der Waals surface area contributed by atoms with Gasteiger partial charge < -0.3 is 15.6 Å². The highest BCUT2D eigenvalue weighted by Gasteiger charge is 2.23. The number of aromatic amines is 1. The molecule has 0 aliphatic heterocycles. The Hall–Kier alpha value is -4.45. The topological polar surface area (TPSA) is 82.7 Å². The number of carbonyl (C=O) groups is 1. The van der Waals surface area contributed by atoms with Crippen LogP contribution in [-0.4, -0.2) is 20.9 Å². The summed E-state index contributed by atoms with van der Waals surface area (Å²) in [7, 11) is 0. The van der Waals surface area contributed by atoms with Gasteiger partial charge >= 0.3 is 0 Å². The molecule has 5 aromatic rings. The molecule has 2 aromatic carbocycles. The van der Waals surface area contributed by atoms with Crippen LogP contribution in [-0.2, 0) is 0 Å². The SMILES string of the molecule is Cc1ccc(C(=O)Nc2ccc3[nH]c(C)c(C(Nc4cc(C)ccn4)c4ccccn4)c3c2)cc1. The van der Waals surface area contributed by atoms with Gasteiger partial charge in [-0.25, -0.2) is 4.98 Å². The number of anilines is 2. The summed E-state index contributed by atoms with van der Waals surface area (Å²) in [6.07, 6.45) is 3.60. The van der Waals surface area contributed by atoms with Gasteiger partial charge in [-0.1, -0.05) is 23.8 Å². The highest BCUT2D eigenvalue weighted by molar-refractivity contribution is 6.05. The number of aromatic nitrogens is 3. The first-order valence-corrected chi connectivity index (χ1v) is 11.6. The van der Waals surface area contributed by atoms with Crippen LogP contribution in [0.2, 0.25) is 0 Å². The van der Waals surface area contributed by atoms with Crippen LogP contribution in [0, 0.1) is 20.8 Å². The molecular weight excluding hydrogens is 434 g/mol. The van der Waals surface area contributed by atoms with Crippen LogP contribution in [0.5, 0.6) is 0 Å². The number of rotatable bonds is 6. The van der Waals surface area contributed by atoms with Gasteiger partial charge in [0.15, 0.2) is 0 Å². The highest BCUT2D eigenvalue weighted by atomic mass is 16.1. The fourth-order valence-electron chi connectivity index (χ4n) is 4.31. The lowest BCUT2D eigenvalue weighted by Gasteiger charge is -2.20. The van der Waals surface area contributed by atoms with E-state index >= 15 is 0 Å². The molecule has 174 valence electrons. The van der Waals surface area contributed by atoms with E-state index in [1.165, 1.54) is 0 Å². The number of aryl methyl sites for hydroxylation is 3. The minimum Gasteiger partial charge on any atom is -0.358 e. The predicted molar refractivity (Wildman–Crippen MR) is 141 cm³/mol. The lowest BCUT2D eigenvalue weighted by atomic mass is 9.99. The van der Waals surface area contributed by atoms with Crippen molar-refractivity contribution in [3.8, 4) is 0 Å².